The molecule has 0 bridgehead atoms. The molecule has 2 aliphatic rings. The van der Waals surface area contributed by atoms with E-state index in [0.717, 1.165) is 51.2 Å². The van der Waals surface area contributed by atoms with Gasteiger partial charge in [0.05, 0.1) is 12.3 Å². The van der Waals surface area contributed by atoms with E-state index in [-0.39, 0.29) is 12.0 Å². The highest BCUT2D eigenvalue weighted by Gasteiger charge is 2.33. The monoisotopic (exact) mass is 277 g/mol. The van der Waals surface area contributed by atoms with Crippen molar-refractivity contribution in [2.24, 2.45) is 5.92 Å². The van der Waals surface area contributed by atoms with Gasteiger partial charge in [-0.1, -0.05) is 12.8 Å². The Labute approximate surface area is 120 Å². The number of ether oxygens (including phenoxy) is 1. The van der Waals surface area contributed by atoms with Crippen LogP contribution in [0, 0.1) is 5.92 Å². The minimum Gasteiger partial charge on any atom is -0.467 e. The number of hydrogen-bond donors (Lipinski definition) is 0. The molecule has 0 saturated carbocycles. The van der Waals surface area contributed by atoms with Crippen LogP contribution in [-0.4, -0.2) is 30.6 Å². The topological polar surface area (TPSA) is 42.7 Å². The lowest BCUT2D eigenvalue weighted by molar-refractivity contribution is -0.141. The van der Waals surface area contributed by atoms with Crippen LogP contribution in [0.2, 0.25) is 0 Å². The summed E-state index contributed by atoms with van der Waals surface area (Å²) in [5, 5.41) is 0. The first-order valence-corrected chi connectivity index (χ1v) is 7.78. The molecule has 0 aliphatic carbocycles. The number of amides is 1. The minimum absolute atomic E-state index is 0.128. The molecule has 3 heterocycles. The fraction of sp³-hybridized carbons (Fsp3) is 0.688. The molecule has 1 atom stereocenters. The van der Waals surface area contributed by atoms with Gasteiger partial charge in [0.1, 0.15) is 5.76 Å². The molecule has 2 saturated heterocycles. The number of nitrogens with zero attached hydrogens (tertiary/aromatic N) is 1. The van der Waals surface area contributed by atoms with Crippen LogP contribution in [0.1, 0.15) is 50.3 Å². The molecule has 110 valence electrons. The van der Waals surface area contributed by atoms with Crippen molar-refractivity contribution in [3.8, 4) is 0 Å². The Morgan fingerprint density at radius 2 is 2.00 bits per heavy atom. The van der Waals surface area contributed by atoms with Crippen molar-refractivity contribution in [1.29, 1.82) is 0 Å². The Bertz CT molecular complexity index is 423. The van der Waals surface area contributed by atoms with Gasteiger partial charge in [0.2, 0.25) is 5.91 Å². The van der Waals surface area contributed by atoms with Gasteiger partial charge < -0.3 is 14.1 Å². The Hall–Kier alpha value is -1.29. The summed E-state index contributed by atoms with van der Waals surface area (Å²) in [6.07, 6.45) is 7.92. The van der Waals surface area contributed by atoms with Crippen LogP contribution in [0.3, 0.4) is 0 Å². The van der Waals surface area contributed by atoms with Crippen LogP contribution in [0.4, 0.5) is 0 Å². The number of carbonyl (C=O) groups is 1. The molecule has 4 nitrogen and oxygen atoms in total. The molecular formula is C16H23NO3. The summed E-state index contributed by atoms with van der Waals surface area (Å²) in [6, 6.07) is 4.04. The smallest absolute Gasteiger partial charge is 0.226 e. The van der Waals surface area contributed by atoms with E-state index < -0.39 is 0 Å². The standard InChI is InChI=1S/C16H23NO3/c18-16(13-7-11-19-12-8-13)17-9-3-1-2-5-14(17)15-6-4-10-20-15/h4,6,10,13-14H,1-3,5,7-9,11-12H2/t14-/m0/s1. The SMILES string of the molecule is O=C(C1CCOCC1)N1CCCCC[C@H]1c1ccco1. The summed E-state index contributed by atoms with van der Waals surface area (Å²) in [7, 11) is 0. The molecule has 1 aromatic rings. The lowest BCUT2D eigenvalue weighted by Crippen LogP contribution is -2.40. The first-order chi connectivity index (χ1) is 9.86. The molecule has 0 spiro atoms. The highest BCUT2D eigenvalue weighted by atomic mass is 16.5. The predicted octanol–water partition coefficient (Wildman–Crippen LogP) is 3.15. The quantitative estimate of drug-likeness (QED) is 0.834. The fourth-order valence-corrected chi connectivity index (χ4v) is 3.33. The van der Waals surface area contributed by atoms with Gasteiger partial charge >= 0.3 is 0 Å². The van der Waals surface area contributed by atoms with E-state index >= 15 is 0 Å². The van der Waals surface area contributed by atoms with Gasteiger partial charge in [0.15, 0.2) is 0 Å². The van der Waals surface area contributed by atoms with Crippen molar-refractivity contribution in [3.63, 3.8) is 0 Å². The summed E-state index contributed by atoms with van der Waals surface area (Å²) in [6.45, 7) is 2.30. The first-order valence-electron chi connectivity index (χ1n) is 7.78. The normalized spacial score (nSPS) is 25.4. The molecule has 0 N–H and O–H groups in total. The third-order valence-corrected chi connectivity index (χ3v) is 4.48. The van der Waals surface area contributed by atoms with Gasteiger partial charge in [-0.3, -0.25) is 4.79 Å². The number of hydrogen-bond acceptors (Lipinski definition) is 3. The second-order valence-corrected chi connectivity index (χ2v) is 5.80. The minimum atomic E-state index is 0.128. The van der Waals surface area contributed by atoms with Crippen LogP contribution < -0.4 is 0 Å². The van der Waals surface area contributed by atoms with E-state index in [9.17, 15) is 4.79 Å². The fourth-order valence-electron chi connectivity index (χ4n) is 3.33. The van der Waals surface area contributed by atoms with Crippen LogP contribution in [0.25, 0.3) is 0 Å². The predicted molar refractivity (Wildman–Crippen MR) is 75.2 cm³/mol. The average Bonchev–Trinajstić information content (AvgIpc) is 2.92. The zero-order valence-corrected chi connectivity index (χ0v) is 11.9. The third kappa shape index (κ3) is 2.90. The molecular weight excluding hydrogens is 254 g/mol. The third-order valence-electron chi connectivity index (χ3n) is 4.48. The van der Waals surface area contributed by atoms with Crippen LogP contribution >= 0.6 is 0 Å². The maximum Gasteiger partial charge on any atom is 0.226 e. The second-order valence-electron chi connectivity index (χ2n) is 5.80. The molecule has 1 amide bonds. The van der Waals surface area contributed by atoms with E-state index in [0.29, 0.717) is 5.91 Å². The first kappa shape index (κ1) is 13.7. The zero-order valence-electron chi connectivity index (χ0n) is 11.9. The average molecular weight is 277 g/mol. The largest absolute Gasteiger partial charge is 0.467 e. The molecule has 4 heteroatoms. The highest BCUT2D eigenvalue weighted by molar-refractivity contribution is 5.79. The molecule has 2 fully saturated rings. The van der Waals surface area contributed by atoms with E-state index in [4.69, 9.17) is 9.15 Å². The summed E-state index contributed by atoms with van der Waals surface area (Å²) < 4.78 is 10.9. The molecule has 3 rings (SSSR count). The lowest BCUT2D eigenvalue weighted by atomic mass is 9.97. The summed E-state index contributed by atoms with van der Waals surface area (Å²) in [4.78, 5) is 14.9. The van der Waals surface area contributed by atoms with Crippen molar-refractivity contribution in [2.45, 2.75) is 44.6 Å². The highest BCUT2D eigenvalue weighted by Crippen LogP contribution is 2.32. The molecule has 20 heavy (non-hydrogen) atoms. The van der Waals surface area contributed by atoms with Gasteiger partial charge in [-0.05, 0) is 37.8 Å². The number of rotatable bonds is 2. The molecule has 0 aromatic carbocycles. The maximum atomic E-state index is 12.8. The molecule has 0 unspecified atom stereocenters. The Morgan fingerprint density at radius 3 is 2.75 bits per heavy atom. The van der Waals surface area contributed by atoms with Gasteiger partial charge in [-0.15, -0.1) is 0 Å². The molecule has 2 aliphatic heterocycles. The maximum absolute atomic E-state index is 12.8. The van der Waals surface area contributed by atoms with Crippen molar-refractivity contribution >= 4 is 5.91 Å². The Kier molecular flexibility index (Phi) is 4.41. The Balaban J connectivity index is 1.77. The number of likely N-dealkylation sites (tertiary alicyclic amines) is 1. The van der Waals surface area contributed by atoms with Crippen molar-refractivity contribution in [3.05, 3.63) is 24.2 Å². The second kappa shape index (κ2) is 6.44. The van der Waals surface area contributed by atoms with Crippen LogP contribution in [0.15, 0.2) is 22.8 Å². The van der Waals surface area contributed by atoms with E-state index in [1.54, 1.807) is 6.26 Å². The van der Waals surface area contributed by atoms with E-state index in [1.165, 1.54) is 12.8 Å². The summed E-state index contributed by atoms with van der Waals surface area (Å²) in [5.41, 5.74) is 0. The lowest BCUT2D eigenvalue weighted by Gasteiger charge is -2.33. The summed E-state index contributed by atoms with van der Waals surface area (Å²) in [5.74, 6) is 1.38. The van der Waals surface area contributed by atoms with E-state index in [2.05, 4.69) is 4.90 Å². The van der Waals surface area contributed by atoms with Crippen LogP contribution in [-0.2, 0) is 9.53 Å². The van der Waals surface area contributed by atoms with Crippen molar-refractivity contribution < 1.29 is 13.9 Å². The van der Waals surface area contributed by atoms with Crippen molar-refractivity contribution in [2.75, 3.05) is 19.8 Å². The Morgan fingerprint density at radius 1 is 1.15 bits per heavy atom. The van der Waals surface area contributed by atoms with Gasteiger partial charge in [-0.2, -0.15) is 0 Å². The number of carbonyl (C=O) groups excluding carboxylic acids is 1. The van der Waals surface area contributed by atoms with Gasteiger partial charge in [-0.25, -0.2) is 0 Å². The molecule has 1 aromatic heterocycles. The van der Waals surface area contributed by atoms with Gasteiger partial charge in [0.25, 0.3) is 0 Å². The summed E-state index contributed by atoms with van der Waals surface area (Å²) >= 11 is 0. The molecule has 0 radical (unpaired) electrons. The number of furan rings is 1. The van der Waals surface area contributed by atoms with E-state index in [1.807, 2.05) is 12.1 Å². The van der Waals surface area contributed by atoms with Crippen molar-refractivity contribution in [1.82, 2.24) is 4.90 Å². The van der Waals surface area contributed by atoms with Gasteiger partial charge in [0, 0.05) is 25.7 Å². The zero-order chi connectivity index (χ0) is 13.8. The van der Waals surface area contributed by atoms with Crippen LogP contribution in [0.5, 0.6) is 0 Å².